The Hall–Kier alpha value is -2.56. The van der Waals surface area contributed by atoms with E-state index in [2.05, 4.69) is 0 Å². The lowest BCUT2D eigenvalue weighted by atomic mass is 10.2. The minimum absolute atomic E-state index is 0.0182. The first-order chi connectivity index (χ1) is 11.1. The molecule has 1 fully saturated rings. The second-order valence-corrected chi connectivity index (χ2v) is 5.46. The number of carbonyl (C=O) groups excluding carboxylic acids is 1. The molecule has 23 heavy (non-hydrogen) atoms. The van der Waals surface area contributed by atoms with E-state index in [0.29, 0.717) is 25.1 Å². The van der Waals surface area contributed by atoms with Gasteiger partial charge in [0.05, 0.1) is 13.0 Å². The SMILES string of the molecule is O=C1CCCN1[N+](=CCc1ccc(F)cc1)c1cccc(F)c1. The summed E-state index contributed by atoms with van der Waals surface area (Å²) in [6.07, 6.45) is 3.62. The Balaban J connectivity index is 1.92. The van der Waals surface area contributed by atoms with Crippen molar-refractivity contribution in [3.63, 3.8) is 0 Å². The molecule has 0 saturated carbocycles. The average Bonchev–Trinajstić information content (AvgIpc) is 2.96. The van der Waals surface area contributed by atoms with Gasteiger partial charge < -0.3 is 0 Å². The highest BCUT2D eigenvalue weighted by Crippen LogP contribution is 2.20. The number of hydrogen-bond acceptors (Lipinski definition) is 1. The predicted octanol–water partition coefficient (Wildman–Crippen LogP) is 3.46. The predicted molar refractivity (Wildman–Crippen MR) is 83.4 cm³/mol. The third-order valence-electron chi connectivity index (χ3n) is 3.79. The number of carbonyl (C=O) groups is 1. The quantitative estimate of drug-likeness (QED) is 0.626. The fourth-order valence-corrected chi connectivity index (χ4v) is 2.64. The maximum Gasteiger partial charge on any atom is 0.277 e. The zero-order valence-electron chi connectivity index (χ0n) is 12.6. The molecule has 1 aliphatic heterocycles. The van der Waals surface area contributed by atoms with E-state index < -0.39 is 0 Å². The standard InChI is InChI=1S/C18H17F2N2O/c19-15-8-6-14(7-9-15)10-12-21(22-11-2-5-18(22)23)17-4-1-3-16(20)13-17/h1,3-4,6-9,12-13H,2,5,10-11H2/q+1. The van der Waals surface area contributed by atoms with Crippen molar-refractivity contribution < 1.29 is 18.3 Å². The lowest BCUT2D eigenvalue weighted by Crippen LogP contribution is -2.34. The number of halogens is 2. The van der Waals surface area contributed by atoms with E-state index in [9.17, 15) is 13.6 Å². The van der Waals surface area contributed by atoms with E-state index in [0.717, 1.165) is 12.0 Å². The molecule has 1 saturated heterocycles. The average molecular weight is 315 g/mol. The van der Waals surface area contributed by atoms with Crippen LogP contribution in [0.15, 0.2) is 48.5 Å². The molecule has 5 heteroatoms. The van der Waals surface area contributed by atoms with Gasteiger partial charge in [-0.05, 0) is 30.2 Å². The molecular formula is C18H17F2N2O+. The molecule has 1 amide bonds. The van der Waals surface area contributed by atoms with Crippen LogP contribution in [0.2, 0.25) is 0 Å². The fraction of sp³-hybridized carbons (Fsp3) is 0.222. The molecule has 0 atom stereocenters. The molecule has 1 aliphatic rings. The van der Waals surface area contributed by atoms with Crippen LogP contribution < -0.4 is 0 Å². The Morgan fingerprint density at radius 1 is 1.09 bits per heavy atom. The molecule has 0 N–H and O–H groups in total. The van der Waals surface area contributed by atoms with Gasteiger partial charge in [0.25, 0.3) is 5.91 Å². The summed E-state index contributed by atoms with van der Waals surface area (Å²) in [6, 6.07) is 12.3. The second kappa shape index (κ2) is 6.69. The van der Waals surface area contributed by atoms with E-state index in [1.807, 2.05) is 6.21 Å². The van der Waals surface area contributed by atoms with E-state index in [4.69, 9.17) is 0 Å². The first-order valence-electron chi connectivity index (χ1n) is 7.56. The van der Waals surface area contributed by atoms with Gasteiger partial charge >= 0.3 is 0 Å². The maximum absolute atomic E-state index is 13.5. The lowest BCUT2D eigenvalue weighted by Gasteiger charge is -2.12. The second-order valence-electron chi connectivity index (χ2n) is 5.46. The summed E-state index contributed by atoms with van der Waals surface area (Å²) < 4.78 is 28.2. The molecule has 2 aromatic carbocycles. The van der Waals surface area contributed by atoms with Crippen molar-refractivity contribution in [1.82, 2.24) is 5.01 Å². The van der Waals surface area contributed by atoms with Crippen LogP contribution in [-0.4, -0.2) is 28.4 Å². The number of benzene rings is 2. The van der Waals surface area contributed by atoms with Gasteiger partial charge in [0.2, 0.25) is 5.69 Å². The molecule has 0 radical (unpaired) electrons. The number of hydrogen-bond donors (Lipinski definition) is 0. The summed E-state index contributed by atoms with van der Waals surface area (Å²) in [7, 11) is 0. The van der Waals surface area contributed by atoms with Gasteiger partial charge in [0, 0.05) is 18.6 Å². The zero-order chi connectivity index (χ0) is 16.2. The van der Waals surface area contributed by atoms with Crippen LogP contribution in [0.3, 0.4) is 0 Å². The van der Waals surface area contributed by atoms with Gasteiger partial charge in [-0.15, -0.1) is 5.01 Å². The Morgan fingerprint density at radius 3 is 2.52 bits per heavy atom. The van der Waals surface area contributed by atoms with Gasteiger partial charge in [0.15, 0.2) is 6.21 Å². The summed E-state index contributed by atoms with van der Waals surface area (Å²) in [5, 5.41) is 1.62. The Kier molecular flexibility index (Phi) is 4.46. The highest BCUT2D eigenvalue weighted by molar-refractivity contribution is 5.77. The number of hydrazone groups is 1. The van der Waals surface area contributed by atoms with Crippen LogP contribution >= 0.6 is 0 Å². The molecule has 3 rings (SSSR count). The van der Waals surface area contributed by atoms with Gasteiger partial charge in [-0.2, -0.15) is 0 Å². The lowest BCUT2D eigenvalue weighted by molar-refractivity contribution is -0.595. The van der Waals surface area contributed by atoms with Gasteiger partial charge in [0.1, 0.15) is 11.6 Å². The number of hydrazine groups is 1. The van der Waals surface area contributed by atoms with Gasteiger partial charge in [-0.25, -0.2) is 8.78 Å². The van der Waals surface area contributed by atoms with Crippen molar-refractivity contribution in [3.8, 4) is 0 Å². The van der Waals surface area contributed by atoms with Crippen molar-refractivity contribution in [2.24, 2.45) is 0 Å². The molecule has 118 valence electrons. The van der Waals surface area contributed by atoms with Gasteiger partial charge in [-0.1, -0.05) is 22.9 Å². The molecule has 2 aromatic rings. The summed E-state index contributed by atoms with van der Waals surface area (Å²) >= 11 is 0. The minimum atomic E-state index is -0.352. The maximum atomic E-state index is 13.5. The molecule has 3 nitrogen and oxygen atoms in total. The highest BCUT2D eigenvalue weighted by Gasteiger charge is 2.31. The van der Waals surface area contributed by atoms with Gasteiger partial charge in [-0.3, -0.25) is 4.79 Å². The van der Waals surface area contributed by atoms with E-state index in [-0.39, 0.29) is 17.5 Å². The minimum Gasteiger partial charge on any atom is -0.269 e. The van der Waals surface area contributed by atoms with Crippen LogP contribution in [0, 0.1) is 11.6 Å². The van der Waals surface area contributed by atoms with Crippen LogP contribution in [0.4, 0.5) is 14.5 Å². The van der Waals surface area contributed by atoms with E-state index in [1.54, 1.807) is 34.0 Å². The molecule has 0 bridgehead atoms. The summed E-state index contributed by atoms with van der Waals surface area (Å²) in [4.78, 5) is 12.1. The normalized spacial score (nSPS) is 15.3. The topological polar surface area (TPSA) is 23.3 Å². The molecule has 0 unspecified atom stereocenters. The summed E-state index contributed by atoms with van der Waals surface area (Å²) in [5.41, 5.74) is 1.52. The number of amides is 1. The third-order valence-corrected chi connectivity index (χ3v) is 3.79. The van der Waals surface area contributed by atoms with Crippen LogP contribution in [-0.2, 0) is 11.2 Å². The third kappa shape index (κ3) is 3.62. The largest absolute Gasteiger partial charge is 0.277 e. The molecule has 0 aromatic heterocycles. The molecular weight excluding hydrogens is 298 g/mol. The summed E-state index contributed by atoms with van der Waals surface area (Å²) in [6.45, 7) is 0.606. The first kappa shape index (κ1) is 15.3. The fourth-order valence-electron chi connectivity index (χ4n) is 2.64. The molecule has 0 aliphatic carbocycles. The monoisotopic (exact) mass is 315 g/mol. The number of rotatable bonds is 4. The zero-order valence-corrected chi connectivity index (χ0v) is 12.6. The summed E-state index contributed by atoms with van der Waals surface area (Å²) in [5.74, 6) is -0.621. The van der Waals surface area contributed by atoms with Crippen molar-refractivity contribution in [1.29, 1.82) is 0 Å². The van der Waals surface area contributed by atoms with Crippen molar-refractivity contribution in [3.05, 3.63) is 65.7 Å². The van der Waals surface area contributed by atoms with Crippen molar-refractivity contribution >= 4 is 17.8 Å². The highest BCUT2D eigenvalue weighted by atomic mass is 19.1. The van der Waals surface area contributed by atoms with Crippen LogP contribution in [0.5, 0.6) is 0 Å². The molecule has 1 heterocycles. The Bertz CT molecular complexity index is 741. The van der Waals surface area contributed by atoms with Crippen LogP contribution in [0.1, 0.15) is 18.4 Å². The number of nitrogens with zero attached hydrogens (tertiary/aromatic N) is 2. The van der Waals surface area contributed by atoms with Crippen LogP contribution in [0.25, 0.3) is 0 Å². The van der Waals surface area contributed by atoms with E-state index in [1.165, 1.54) is 24.3 Å². The van der Waals surface area contributed by atoms with Crippen molar-refractivity contribution in [2.75, 3.05) is 6.54 Å². The Morgan fingerprint density at radius 2 is 1.87 bits per heavy atom. The first-order valence-corrected chi connectivity index (χ1v) is 7.56. The van der Waals surface area contributed by atoms with E-state index >= 15 is 0 Å². The van der Waals surface area contributed by atoms with Crippen molar-refractivity contribution in [2.45, 2.75) is 19.3 Å². The Labute approximate surface area is 133 Å². The smallest absolute Gasteiger partial charge is 0.269 e. The molecule has 0 spiro atoms.